The van der Waals surface area contributed by atoms with Crippen LogP contribution in [0, 0.1) is 5.92 Å². The molecule has 0 atom stereocenters. The number of likely N-dealkylation sites (tertiary alicyclic amines) is 1. The summed E-state index contributed by atoms with van der Waals surface area (Å²) in [6, 6.07) is 0.520. The Kier molecular flexibility index (Phi) is 5.48. The topological polar surface area (TPSA) is 33.1 Å². The Bertz CT molecular complexity index is 398. The van der Waals surface area contributed by atoms with Gasteiger partial charge in [0.2, 0.25) is 0 Å². The Labute approximate surface area is 119 Å². The van der Waals surface area contributed by atoms with Crippen LogP contribution in [0.2, 0.25) is 0 Å². The summed E-state index contributed by atoms with van der Waals surface area (Å²) in [5, 5.41) is 3.47. The predicted molar refractivity (Wildman–Crippen MR) is 74.6 cm³/mol. The highest BCUT2D eigenvalue weighted by Gasteiger charge is 2.21. The number of hydrogen-bond donors (Lipinski definition) is 1. The van der Waals surface area contributed by atoms with Crippen LogP contribution in [-0.2, 0) is 6.54 Å². The summed E-state index contributed by atoms with van der Waals surface area (Å²) in [4.78, 5) is 6.25. The Balaban J connectivity index is 1.78. The summed E-state index contributed by atoms with van der Waals surface area (Å²) in [5.41, 5.74) is 0. The van der Waals surface area contributed by atoms with Crippen molar-refractivity contribution in [3.05, 3.63) is 18.2 Å². The van der Waals surface area contributed by atoms with Crippen molar-refractivity contribution in [2.45, 2.75) is 45.8 Å². The average molecular weight is 286 g/mol. The molecule has 1 N–H and O–H groups in total. The fourth-order valence-electron chi connectivity index (χ4n) is 2.60. The third-order valence-corrected chi connectivity index (χ3v) is 3.85. The number of nitrogens with one attached hydrogen (secondary N) is 1. The largest absolute Gasteiger partial charge is 0.319 e. The minimum atomic E-state index is -2.50. The molecule has 0 spiro atoms. The third kappa shape index (κ3) is 4.24. The number of piperidine rings is 1. The molecule has 114 valence electrons. The van der Waals surface area contributed by atoms with Crippen molar-refractivity contribution < 1.29 is 8.78 Å². The van der Waals surface area contributed by atoms with Crippen molar-refractivity contribution in [3.63, 3.8) is 0 Å². The molecule has 0 bridgehead atoms. The lowest BCUT2D eigenvalue weighted by Crippen LogP contribution is -2.38. The molecule has 4 nitrogen and oxygen atoms in total. The molecule has 1 fully saturated rings. The van der Waals surface area contributed by atoms with Crippen LogP contribution in [0.1, 0.15) is 39.1 Å². The first-order chi connectivity index (χ1) is 9.56. The van der Waals surface area contributed by atoms with Crippen LogP contribution >= 0.6 is 0 Å². The molecule has 0 aliphatic carbocycles. The molecular formula is C14H24F2N4. The summed E-state index contributed by atoms with van der Waals surface area (Å²) in [5.74, 6) is 1.15. The fraction of sp³-hybridized carbons (Fsp3) is 0.786. The van der Waals surface area contributed by atoms with E-state index >= 15 is 0 Å². The van der Waals surface area contributed by atoms with Crippen LogP contribution in [0.5, 0.6) is 0 Å². The molecule has 2 heterocycles. The lowest BCUT2D eigenvalue weighted by atomic mass is 9.96. The van der Waals surface area contributed by atoms with Gasteiger partial charge in [0.15, 0.2) is 0 Å². The zero-order valence-electron chi connectivity index (χ0n) is 12.2. The minimum Gasteiger partial charge on any atom is -0.314 e. The van der Waals surface area contributed by atoms with Crippen LogP contribution in [0.25, 0.3) is 0 Å². The van der Waals surface area contributed by atoms with E-state index in [0.717, 1.165) is 37.0 Å². The first-order valence-electron chi connectivity index (χ1n) is 7.32. The highest BCUT2D eigenvalue weighted by Crippen LogP contribution is 2.20. The van der Waals surface area contributed by atoms with Gasteiger partial charge >= 0.3 is 6.55 Å². The highest BCUT2D eigenvalue weighted by molar-refractivity contribution is 4.93. The number of halogens is 2. The maximum absolute atomic E-state index is 12.7. The van der Waals surface area contributed by atoms with Crippen molar-refractivity contribution in [2.24, 2.45) is 5.92 Å². The summed E-state index contributed by atoms with van der Waals surface area (Å²) in [6.07, 6.45) is 5.03. The van der Waals surface area contributed by atoms with E-state index in [-0.39, 0.29) is 0 Å². The lowest BCUT2D eigenvalue weighted by molar-refractivity contribution is 0.0623. The zero-order chi connectivity index (χ0) is 14.5. The molecule has 1 aromatic rings. The number of hydrogen-bond acceptors (Lipinski definition) is 3. The van der Waals surface area contributed by atoms with Crippen molar-refractivity contribution in [1.29, 1.82) is 0 Å². The van der Waals surface area contributed by atoms with Crippen LogP contribution in [0.15, 0.2) is 12.4 Å². The Morgan fingerprint density at radius 2 is 2.05 bits per heavy atom. The summed E-state index contributed by atoms with van der Waals surface area (Å²) in [6.45, 7) is 5.29. The fourth-order valence-corrected chi connectivity index (χ4v) is 2.60. The molecule has 0 amide bonds. The molecule has 1 saturated heterocycles. The molecule has 6 heteroatoms. The monoisotopic (exact) mass is 286 g/mol. The smallest absolute Gasteiger partial charge is 0.314 e. The Morgan fingerprint density at radius 1 is 1.35 bits per heavy atom. The summed E-state index contributed by atoms with van der Waals surface area (Å²) in [7, 11) is 0. The van der Waals surface area contributed by atoms with E-state index in [1.165, 1.54) is 12.4 Å². The van der Waals surface area contributed by atoms with Crippen LogP contribution in [-0.4, -0.2) is 40.1 Å². The molecule has 1 aliphatic heterocycles. The van der Waals surface area contributed by atoms with Crippen LogP contribution < -0.4 is 5.32 Å². The zero-order valence-corrected chi connectivity index (χ0v) is 12.2. The standard InChI is InChI=1S/C14H24F2N4/c1-11(2)18-9-12-3-6-19(7-4-12)10-13-17-5-8-20(13)14(15)16/h5,8,11-12,14,18H,3-4,6-7,9-10H2,1-2H3. The average Bonchev–Trinajstić information content (AvgIpc) is 2.86. The van der Waals surface area contributed by atoms with Gasteiger partial charge in [0.05, 0.1) is 6.54 Å². The molecule has 2 rings (SSSR count). The van der Waals surface area contributed by atoms with E-state index in [1.54, 1.807) is 0 Å². The van der Waals surface area contributed by atoms with E-state index in [4.69, 9.17) is 0 Å². The van der Waals surface area contributed by atoms with Crippen LogP contribution in [0.3, 0.4) is 0 Å². The summed E-state index contributed by atoms with van der Waals surface area (Å²) >= 11 is 0. The summed E-state index contributed by atoms with van der Waals surface area (Å²) < 4.78 is 26.4. The van der Waals surface area contributed by atoms with Crippen molar-refractivity contribution in [3.8, 4) is 0 Å². The van der Waals surface area contributed by atoms with Gasteiger partial charge in [-0.2, -0.15) is 8.78 Å². The van der Waals surface area contributed by atoms with E-state index in [1.807, 2.05) is 0 Å². The van der Waals surface area contributed by atoms with Gasteiger partial charge in [0, 0.05) is 18.4 Å². The van der Waals surface area contributed by atoms with Gasteiger partial charge in [0.1, 0.15) is 5.82 Å². The molecule has 0 unspecified atom stereocenters. The Morgan fingerprint density at radius 3 is 2.65 bits per heavy atom. The SMILES string of the molecule is CC(C)NCC1CCN(Cc2nccn2C(F)F)CC1. The lowest BCUT2D eigenvalue weighted by Gasteiger charge is -2.32. The van der Waals surface area contributed by atoms with Crippen molar-refractivity contribution in [2.75, 3.05) is 19.6 Å². The van der Waals surface area contributed by atoms with Crippen molar-refractivity contribution in [1.82, 2.24) is 19.8 Å². The number of rotatable bonds is 6. The van der Waals surface area contributed by atoms with Gasteiger partial charge in [-0.05, 0) is 38.4 Å². The van der Waals surface area contributed by atoms with Gasteiger partial charge in [-0.1, -0.05) is 13.8 Å². The molecule has 1 aromatic heterocycles. The second-order valence-corrected chi connectivity index (χ2v) is 5.81. The number of alkyl halides is 2. The normalized spacial score (nSPS) is 18.3. The number of imidazole rings is 1. The number of nitrogens with zero attached hydrogens (tertiary/aromatic N) is 3. The van der Waals surface area contributed by atoms with E-state index in [9.17, 15) is 8.78 Å². The van der Waals surface area contributed by atoms with E-state index in [2.05, 4.69) is 29.0 Å². The van der Waals surface area contributed by atoms with E-state index < -0.39 is 6.55 Å². The molecule has 0 saturated carbocycles. The second kappa shape index (κ2) is 7.13. The van der Waals surface area contributed by atoms with Gasteiger partial charge in [-0.15, -0.1) is 0 Å². The minimum absolute atomic E-state index is 0.457. The quantitative estimate of drug-likeness (QED) is 0.872. The van der Waals surface area contributed by atoms with Gasteiger partial charge in [0.25, 0.3) is 0 Å². The number of aromatic nitrogens is 2. The van der Waals surface area contributed by atoms with Gasteiger partial charge in [-0.3, -0.25) is 9.47 Å². The molecule has 1 aliphatic rings. The first kappa shape index (κ1) is 15.4. The predicted octanol–water partition coefficient (Wildman–Crippen LogP) is 2.49. The van der Waals surface area contributed by atoms with Gasteiger partial charge < -0.3 is 5.32 Å². The molecular weight excluding hydrogens is 262 g/mol. The Hall–Kier alpha value is -1.01. The van der Waals surface area contributed by atoms with E-state index in [0.29, 0.717) is 24.3 Å². The highest BCUT2D eigenvalue weighted by atomic mass is 19.3. The van der Waals surface area contributed by atoms with Crippen LogP contribution in [0.4, 0.5) is 8.78 Å². The molecule has 0 radical (unpaired) electrons. The second-order valence-electron chi connectivity index (χ2n) is 5.81. The molecule has 20 heavy (non-hydrogen) atoms. The first-order valence-corrected chi connectivity index (χ1v) is 7.32. The maximum Gasteiger partial charge on any atom is 0.319 e. The van der Waals surface area contributed by atoms with Crippen molar-refractivity contribution >= 4 is 0 Å². The maximum atomic E-state index is 12.7. The third-order valence-electron chi connectivity index (χ3n) is 3.85. The molecule has 0 aromatic carbocycles. The van der Waals surface area contributed by atoms with Gasteiger partial charge in [-0.25, -0.2) is 4.98 Å².